The first-order chi connectivity index (χ1) is 11.6. The fourth-order valence-corrected chi connectivity index (χ4v) is 4.01. The van der Waals surface area contributed by atoms with Crippen LogP contribution in [0.25, 0.3) is 10.9 Å². The number of rotatable bonds is 5. The van der Waals surface area contributed by atoms with Crippen molar-refractivity contribution in [1.82, 2.24) is 9.88 Å². The SMILES string of the molecule is CCN(CC(=O)O)C1CCN(c2ccnc3c(Br)cccc23)CC1. The number of carboxylic acids is 1. The molecule has 1 aromatic heterocycles. The van der Waals surface area contributed by atoms with E-state index in [0.717, 1.165) is 47.9 Å². The predicted octanol–water partition coefficient (Wildman–Crippen LogP) is 3.37. The molecule has 1 fully saturated rings. The van der Waals surface area contributed by atoms with Gasteiger partial charge in [0, 0.05) is 40.9 Å². The zero-order chi connectivity index (χ0) is 17.1. The van der Waals surface area contributed by atoms with Crippen molar-refractivity contribution in [2.24, 2.45) is 0 Å². The number of para-hydroxylation sites is 1. The Morgan fingerprint density at radius 1 is 1.38 bits per heavy atom. The lowest BCUT2D eigenvalue weighted by atomic mass is 10.0. The second-order valence-electron chi connectivity index (χ2n) is 6.14. The number of aliphatic carboxylic acids is 1. The molecule has 1 aliphatic heterocycles. The zero-order valence-electron chi connectivity index (χ0n) is 13.8. The van der Waals surface area contributed by atoms with Gasteiger partial charge >= 0.3 is 5.97 Å². The Morgan fingerprint density at radius 3 is 2.79 bits per heavy atom. The third kappa shape index (κ3) is 3.54. The Labute approximate surface area is 150 Å². The van der Waals surface area contributed by atoms with Crippen LogP contribution in [-0.2, 0) is 4.79 Å². The van der Waals surface area contributed by atoms with Gasteiger partial charge in [-0.3, -0.25) is 14.7 Å². The number of aromatic nitrogens is 1. The van der Waals surface area contributed by atoms with Gasteiger partial charge in [0.25, 0.3) is 0 Å². The topological polar surface area (TPSA) is 56.7 Å². The highest BCUT2D eigenvalue weighted by Gasteiger charge is 2.25. The van der Waals surface area contributed by atoms with Crippen molar-refractivity contribution in [3.63, 3.8) is 0 Å². The molecule has 2 aromatic rings. The minimum absolute atomic E-state index is 0.131. The molecule has 0 saturated carbocycles. The molecule has 1 N–H and O–H groups in total. The van der Waals surface area contributed by atoms with Crippen molar-refractivity contribution >= 4 is 38.5 Å². The van der Waals surface area contributed by atoms with Gasteiger partial charge in [-0.15, -0.1) is 0 Å². The van der Waals surface area contributed by atoms with Gasteiger partial charge in [-0.05, 0) is 47.4 Å². The summed E-state index contributed by atoms with van der Waals surface area (Å²) in [7, 11) is 0. The number of benzene rings is 1. The lowest BCUT2D eigenvalue weighted by Gasteiger charge is -2.38. The van der Waals surface area contributed by atoms with Crippen LogP contribution < -0.4 is 4.90 Å². The number of hydrogen-bond acceptors (Lipinski definition) is 4. The predicted molar refractivity (Wildman–Crippen MR) is 99.6 cm³/mol. The average molecular weight is 392 g/mol. The highest BCUT2D eigenvalue weighted by Crippen LogP contribution is 2.31. The number of anilines is 1. The number of fused-ring (bicyclic) bond motifs is 1. The highest BCUT2D eigenvalue weighted by molar-refractivity contribution is 9.10. The van der Waals surface area contributed by atoms with Crippen LogP contribution in [0.3, 0.4) is 0 Å². The number of pyridine rings is 1. The first kappa shape index (κ1) is 17.2. The summed E-state index contributed by atoms with van der Waals surface area (Å²) < 4.78 is 1.01. The van der Waals surface area contributed by atoms with Crippen molar-refractivity contribution in [3.8, 4) is 0 Å². The maximum absolute atomic E-state index is 11.0. The second-order valence-corrected chi connectivity index (χ2v) is 7.00. The van der Waals surface area contributed by atoms with Crippen molar-refractivity contribution < 1.29 is 9.90 Å². The smallest absolute Gasteiger partial charge is 0.317 e. The van der Waals surface area contributed by atoms with E-state index in [1.807, 2.05) is 25.3 Å². The quantitative estimate of drug-likeness (QED) is 0.846. The number of halogens is 1. The van der Waals surface area contributed by atoms with Crippen LogP contribution in [0.4, 0.5) is 5.69 Å². The summed E-state index contributed by atoms with van der Waals surface area (Å²) in [5.74, 6) is -0.746. The van der Waals surface area contributed by atoms with Gasteiger partial charge in [0.15, 0.2) is 0 Å². The minimum atomic E-state index is -0.746. The molecule has 3 rings (SSSR count). The summed E-state index contributed by atoms with van der Waals surface area (Å²) in [6, 6.07) is 8.58. The molecule has 24 heavy (non-hydrogen) atoms. The summed E-state index contributed by atoms with van der Waals surface area (Å²) in [6.07, 6.45) is 3.83. The van der Waals surface area contributed by atoms with Crippen LogP contribution in [0.5, 0.6) is 0 Å². The van der Waals surface area contributed by atoms with Gasteiger partial charge < -0.3 is 10.0 Å². The fourth-order valence-electron chi connectivity index (χ4n) is 3.55. The lowest BCUT2D eigenvalue weighted by Crippen LogP contribution is -2.46. The molecule has 0 aliphatic carbocycles. The van der Waals surface area contributed by atoms with Crippen LogP contribution in [0.15, 0.2) is 34.9 Å². The molecule has 2 heterocycles. The molecule has 1 saturated heterocycles. The van der Waals surface area contributed by atoms with Gasteiger partial charge in [-0.1, -0.05) is 19.1 Å². The van der Waals surface area contributed by atoms with Crippen LogP contribution in [0, 0.1) is 0 Å². The number of likely N-dealkylation sites (N-methyl/N-ethyl adjacent to an activating group) is 1. The fraction of sp³-hybridized carbons (Fsp3) is 0.444. The monoisotopic (exact) mass is 391 g/mol. The molecule has 1 aliphatic rings. The molecular formula is C18H22BrN3O2. The van der Waals surface area contributed by atoms with Crippen molar-refractivity contribution in [3.05, 3.63) is 34.9 Å². The van der Waals surface area contributed by atoms with E-state index < -0.39 is 5.97 Å². The van der Waals surface area contributed by atoms with E-state index in [2.05, 4.69) is 42.8 Å². The van der Waals surface area contributed by atoms with Crippen LogP contribution in [0.2, 0.25) is 0 Å². The number of piperidine rings is 1. The molecule has 0 atom stereocenters. The standard InChI is InChI=1S/C18H22BrN3O2/c1-2-21(12-17(23)24)13-7-10-22(11-8-13)16-6-9-20-18-14(16)4-3-5-15(18)19/h3-6,9,13H,2,7-8,10-12H2,1H3,(H,23,24). The maximum Gasteiger partial charge on any atom is 0.317 e. The van der Waals surface area contributed by atoms with E-state index in [1.54, 1.807) is 0 Å². The summed E-state index contributed by atoms with van der Waals surface area (Å²) in [5.41, 5.74) is 2.19. The van der Waals surface area contributed by atoms with E-state index in [4.69, 9.17) is 5.11 Å². The Bertz CT molecular complexity index is 729. The van der Waals surface area contributed by atoms with Gasteiger partial charge in [-0.25, -0.2) is 0 Å². The third-order valence-corrected chi connectivity index (χ3v) is 5.40. The molecule has 0 unspecified atom stereocenters. The normalized spacial score (nSPS) is 16.0. The van der Waals surface area contributed by atoms with Crippen molar-refractivity contribution in [2.45, 2.75) is 25.8 Å². The number of hydrogen-bond donors (Lipinski definition) is 1. The molecule has 0 spiro atoms. The van der Waals surface area contributed by atoms with Gasteiger partial charge in [0.05, 0.1) is 12.1 Å². The van der Waals surface area contributed by atoms with E-state index in [-0.39, 0.29) is 6.54 Å². The first-order valence-corrected chi connectivity index (χ1v) is 9.13. The molecule has 1 aromatic carbocycles. The first-order valence-electron chi connectivity index (χ1n) is 8.34. The lowest BCUT2D eigenvalue weighted by molar-refractivity contribution is -0.139. The molecule has 0 amide bonds. The van der Waals surface area contributed by atoms with E-state index in [0.29, 0.717) is 6.04 Å². The molecule has 0 bridgehead atoms. The molecule has 5 nitrogen and oxygen atoms in total. The van der Waals surface area contributed by atoms with Gasteiger partial charge in [0.1, 0.15) is 0 Å². The Morgan fingerprint density at radius 2 is 2.12 bits per heavy atom. The Hall–Kier alpha value is -1.66. The number of nitrogens with zero attached hydrogens (tertiary/aromatic N) is 3. The van der Waals surface area contributed by atoms with Crippen LogP contribution >= 0.6 is 15.9 Å². The van der Waals surface area contributed by atoms with Gasteiger partial charge in [-0.2, -0.15) is 0 Å². The summed E-state index contributed by atoms with van der Waals surface area (Å²) in [6.45, 7) is 4.82. The average Bonchev–Trinajstić information content (AvgIpc) is 2.60. The van der Waals surface area contributed by atoms with E-state index in [1.165, 1.54) is 5.69 Å². The molecule has 6 heteroatoms. The maximum atomic E-state index is 11.0. The largest absolute Gasteiger partial charge is 0.480 e. The Balaban J connectivity index is 1.76. The van der Waals surface area contributed by atoms with E-state index >= 15 is 0 Å². The third-order valence-electron chi connectivity index (χ3n) is 4.76. The molecule has 128 valence electrons. The summed E-state index contributed by atoms with van der Waals surface area (Å²) in [4.78, 5) is 20.0. The van der Waals surface area contributed by atoms with Gasteiger partial charge in [0.2, 0.25) is 0 Å². The number of carboxylic acid groups (broad SMARTS) is 1. The Kier molecular flexibility index (Phi) is 5.36. The van der Waals surface area contributed by atoms with Crippen molar-refractivity contribution in [2.75, 3.05) is 31.1 Å². The van der Waals surface area contributed by atoms with Crippen LogP contribution in [-0.4, -0.2) is 53.2 Å². The van der Waals surface area contributed by atoms with E-state index in [9.17, 15) is 4.79 Å². The van der Waals surface area contributed by atoms with Crippen LogP contribution in [0.1, 0.15) is 19.8 Å². The van der Waals surface area contributed by atoms with Crippen molar-refractivity contribution in [1.29, 1.82) is 0 Å². The second kappa shape index (κ2) is 7.49. The molecule has 0 radical (unpaired) electrons. The molecular weight excluding hydrogens is 370 g/mol. The highest BCUT2D eigenvalue weighted by atomic mass is 79.9. The summed E-state index contributed by atoms with van der Waals surface area (Å²) >= 11 is 3.57. The minimum Gasteiger partial charge on any atom is -0.480 e. The number of carbonyl (C=O) groups is 1. The summed E-state index contributed by atoms with van der Waals surface area (Å²) in [5, 5.41) is 10.2. The zero-order valence-corrected chi connectivity index (χ0v) is 15.4.